The van der Waals surface area contributed by atoms with Gasteiger partial charge in [-0.1, -0.05) is 0 Å². The first-order valence-corrected chi connectivity index (χ1v) is 10.5. The van der Waals surface area contributed by atoms with Gasteiger partial charge in [-0.25, -0.2) is 12.7 Å². The summed E-state index contributed by atoms with van der Waals surface area (Å²) in [6, 6.07) is 4.92. The first kappa shape index (κ1) is 18.9. The Morgan fingerprint density at radius 1 is 1.07 bits per heavy atom. The summed E-state index contributed by atoms with van der Waals surface area (Å²) in [6.07, 6.45) is 1.57. The van der Waals surface area contributed by atoms with Gasteiger partial charge >= 0.3 is 0 Å². The third-order valence-corrected chi connectivity index (χ3v) is 7.01. The van der Waals surface area contributed by atoms with E-state index in [-0.39, 0.29) is 4.90 Å². The molecule has 0 N–H and O–H groups in total. The van der Waals surface area contributed by atoms with Crippen molar-refractivity contribution in [3.05, 3.63) is 24.4 Å². The number of ether oxygens (including phenoxy) is 1. The summed E-state index contributed by atoms with van der Waals surface area (Å²) < 4.78 is 32.2. The SMILES string of the molecule is CN1CCN(c2nncc3c2N(C)c2ccc(S(=O)(=O)N(C)C)cc2O3)CC1. The van der Waals surface area contributed by atoms with Gasteiger partial charge in [0.2, 0.25) is 10.0 Å². The molecule has 2 aliphatic rings. The van der Waals surface area contributed by atoms with Crippen molar-refractivity contribution in [2.24, 2.45) is 0 Å². The van der Waals surface area contributed by atoms with Crippen LogP contribution >= 0.6 is 0 Å². The van der Waals surface area contributed by atoms with Gasteiger partial charge < -0.3 is 19.4 Å². The summed E-state index contributed by atoms with van der Waals surface area (Å²) in [5.74, 6) is 1.83. The van der Waals surface area contributed by atoms with E-state index in [0.29, 0.717) is 11.5 Å². The molecule has 0 unspecified atom stereocenters. The molecule has 2 aliphatic heterocycles. The fourth-order valence-corrected chi connectivity index (χ4v) is 4.36. The highest BCUT2D eigenvalue weighted by Crippen LogP contribution is 2.49. The van der Waals surface area contributed by atoms with Crippen molar-refractivity contribution in [3.8, 4) is 11.5 Å². The molecule has 1 aromatic carbocycles. The Kier molecular flexibility index (Phi) is 4.64. The smallest absolute Gasteiger partial charge is 0.242 e. The summed E-state index contributed by atoms with van der Waals surface area (Å²) in [5.41, 5.74) is 1.63. The van der Waals surface area contributed by atoms with E-state index < -0.39 is 10.0 Å². The number of likely N-dealkylation sites (N-methyl/N-ethyl adjacent to an activating group) is 1. The van der Waals surface area contributed by atoms with Crippen LogP contribution in [0.25, 0.3) is 0 Å². The summed E-state index contributed by atoms with van der Waals surface area (Å²) in [4.78, 5) is 6.67. The minimum Gasteiger partial charge on any atom is -0.451 e. The Morgan fingerprint density at radius 2 is 1.79 bits per heavy atom. The number of benzene rings is 1. The number of rotatable bonds is 3. The zero-order valence-corrected chi connectivity index (χ0v) is 17.3. The zero-order valence-electron chi connectivity index (χ0n) is 16.5. The first-order chi connectivity index (χ1) is 13.3. The molecule has 0 saturated carbocycles. The first-order valence-electron chi connectivity index (χ1n) is 9.06. The number of aromatic nitrogens is 2. The monoisotopic (exact) mass is 404 g/mol. The molecule has 0 atom stereocenters. The lowest BCUT2D eigenvalue weighted by atomic mass is 10.2. The number of anilines is 3. The molecule has 0 spiro atoms. The number of fused-ring (bicyclic) bond motifs is 2. The molecular weight excluding hydrogens is 380 g/mol. The van der Waals surface area contributed by atoms with E-state index in [1.165, 1.54) is 18.4 Å². The molecule has 1 saturated heterocycles. The van der Waals surface area contributed by atoms with Crippen LogP contribution < -0.4 is 14.5 Å². The minimum absolute atomic E-state index is 0.189. The fourth-order valence-electron chi connectivity index (χ4n) is 3.44. The number of hydrogen-bond acceptors (Lipinski definition) is 8. The lowest BCUT2D eigenvalue weighted by Gasteiger charge is -2.37. The van der Waals surface area contributed by atoms with Crippen molar-refractivity contribution < 1.29 is 13.2 Å². The molecule has 0 radical (unpaired) electrons. The van der Waals surface area contributed by atoms with Gasteiger partial charge in [0.05, 0.1) is 16.8 Å². The summed E-state index contributed by atoms with van der Waals surface area (Å²) >= 11 is 0. The molecule has 3 heterocycles. The van der Waals surface area contributed by atoms with Gasteiger partial charge in [-0.3, -0.25) is 0 Å². The minimum atomic E-state index is -3.54. The van der Waals surface area contributed by atoms with E-state index in [0.717, 1.165) is 43.4 Å². The zero-order chi connectivity index (χ0) is 20.1. The predicted octanol–water partition coefficient (Wildman–Crippen LogP) is 1.35. The Labute approximate surface area is 165 Å². The maximum absolute atomic E-state index is 12.5. The average Bonchev–Trinajstić information content (AvgIpc) is 2.67. The largest absolute Gasteiger partial charge is 0.451 e. The fraction of sp³-hybridized carbons (Fsp3) is 0.444. The van der Waals surface area contributed by atoms with Crippen LogP contribution in [0.4, 0.5) is 17.2 Å². The highest BCUT2D eigenvalue weighted by atomic mass is 32.2. The second-order valence-corrected chi connectivity index (χ2v) is 9.40. The molecule has 0 bridgehead atoms. The molecule has 4 rings (SSSR count). The Hall–Kier alpha value is -2.43. The quantitative estimate of drug-likeness (QED) is 0.758. The summed E-state index contributed by atoms with van der Waals surface area (Å²) in [6.45, 7) is 3.64. The van der Waals surface area contributed by atoms with Gasteiger partial charge in [0.1, 0.15) is 5.69 Å². The van der Waals surface area contributed by atoms with E-state index in [4.69, 9.17) is 4.74 Å². The highest BCUT2D eigenvalue weighted by Gasteiger charge is 2.30. The Morgan fingerprint density at radius 3 is 2.46 bits per heavy atom. The van der Waals surface area contributed by atoms with Crippen LogP contribution in [-0.4, -0.2) is 82.2 Å². The molecule has 150 valence electrons. The van der Waals surface area contributed by atoms with Crippen LogP contribution in [0.15, 0.2) is 29.3 Å². The number of nitrogens with zero attached hydrogens (tertiary/aromatic N) is 6. The van der Waals surface area contributed by atoms with E-state index in [2.05, 4.69) is 27.0 Å². The second kappa shape index (κ2) is 6.87. The van der Waals surface area contributed by atoms with Crippen molar-refractivity contribution in [2.45, 2.75) is 4.90 Å². The average molecular weight is 404 g/mol. The summed E-state index contributed by atoms with van der Waals surface area (Å²) in [5, 5.41) is 8.49. The predicted molar refractivity (Wildman–Crippen MR) is 107 cm³/mol. The second-order valence-electron chi connectivity index (χ2n) is 7.25. The molecule has 28 heavy (non-hydrogen) atoms. The van der Waals surface area contributed by atoms with Crippen LogP contribution in [0.2, 0.25) is 0 Å². The Bertz CT molecular complexity index is 1000. The topological polar surface area (TPSA) is 82.1 Å². The van der Waals surface area contributed by atoms with Gasteiger partial charge in [0.15, 0.2) is 17.3 Å². The normalized spacial score (nSPS) is 17.3. The van der Waals surface area contributed by atoms with Crippen LogP contribution in [0.1, 0.15) is 0 Å². The maximum atomic E-state index is 12.5. The van der Waals surface area contributed by atoms with Gasteiger partial charge in [-0.2, -0.15) is 5.10 Å². The molecule has 1 fully saturated rings. The Balaban J connectivity index is 1.73. The molecule has 0 aliphatic carbocycles. The van der Waals surface area contributed by atoms with E-state index >= 15 is 0 Å². The van der Waals surface area contributed by atoms with Crippen LogP contribution in [0.5, 0.6) is 11.5 Å². The lowest BCUT2D eigenvalue weighted by molar-refractivity contribution is 0.311. The third kappa shape index (κ3) is 3.07. The third-order valence-electron chi connectivity index (χ3n) is 5.20. The van der Waals surface area contributed by atoms with E-state index in [9.17, 15) is 8.42 Å². The molecule has 1 aromatic heterocycles. The molecule has 2 aromatic rings. The van der Waals surface area contributed by atoms with Crippen molar-refractivity contribution in [1.29, 1.82) is 0 Å². The van der Waals surface area contributed by atoms with Crippen molar-refractivity contribution in [2.75, 3.05) is 64.2 Å². The van der Waals surface area contributed by atoms with Crippen LogP contribution in [-0.2, 0) is 10.0 Å². The summed E-state index contributed by atoms with van der Waals surface area (Å²) in [7, 11) is 3.51. The van der Waals surface area contributed by atoms with Gasteiger partial charge in [0, 0.05) is 53.4 Å². The number of sulfonamides is 1. The molecule has 9 nitrogen and oxygen atoms in total. The van der Waals surface area contributed by atoms with Crippen molar-refractivity contribution in [3.63, 3.8) is 0 Å². The van der Waals surface area contributed by atoms with Crippen LogP contribution in [0.3, 0.4) is 0 Å². The maximum Gasteiger partial charge on any atom is 0.242 e. The molecule has 10 heteroatoms. The standard InChI is InChI=1S/C18H24N6O3S/c1-21(2)28(25,26)13-5-6-14-15(11-13)27-16-12-19-20-18(17(16)23(14)4)24-9-7-22(3)8-10-24/h5-6,11-12H,7-10H2,1-4H3. The van der Waals surface area contributed by atoms with E-state index in [1.54, 1.807) is 24.4 Å². The van der Waals surface area contributed by atoms with Gasteiger partial charge in [-0.05, 0) is 19.2 Å². The van der Waals surface area contributed by atoms with Gasteiger partial charge in [-0.15, -0.1) is 5.10 Å². The van der Waals surface area contributed by atoms with Gasteiger partial charge in [0.25, 0.3) is 0 Å². The van der Waals surface area contributed by atoms with E-state index in [1.807, 2.05) is 11.9 Å². The lowest BCUT2D eigenvalue weighted by Crippen LogP contribution is -2.45. The number of hydrogen-bond donors (Lipinski definition) is 0. The van der Waals surface area contributed by atoms with Crippen LogP contribution in [0, 0.1) is 0 Å². The van der Waals surface area contributed by atoms with Crippen molar-refractivity contribution in [1.82, 2.24) is 19.4 Å². The number of piperazine rings is 1. The van der Waals surface area contributed by atoms with Crippen molar-refractivity contribution >= 4 is 27.2 Å². The molecule has 0 amide bonds. The highest BCUT2D eigenvalue weighted by molar-refractivity contribution is 7.89. The molecular formula is C18H24N6O3S.